The third-order valence-electron chi connectivity index (χ3n) is 3.08. The van der Waals surface area contributed by atoms with Crippen molar-refractivity contribution in [1.29, 1.82) is 0 Å². The van der Waals surface area contributed by atoms with Crippen molar-refractivity contribution in [3.05, 3.63) is 11.9 Å². The van der Waals surface area contributed by atoms with Gasteiger partial charge in [-0.3, -0.25) is 4.68 Å². The molecule has 0 saturated heterocycles. The van der Waals surface area contributed by atoms with Crippen molar-refractivity contribution < 1.29 is 4.74 Å². The fourth-order valence-electron chi connectivity index (χ4n) is 1.77. The van der Waals surface area contributed by atoms with Crippen LogP contribution in [0.25, 0.3) is 0 Å². The molecular weight excluding hydrogens is 202 g/mol. The molecule has 4 nitrogen and oxygen atoms in total. The molecule has 92 valence electrons. The van der Waals surface area contributed by atoms with Crippen LogP contribution in [-0.2, 0) is 0 Å². The van der Waals surface area contributed by atoms with Crippen LogP contribution in [-0.4, -0.2) is 16.9 Å². The van der Waals surface area contributed by atoms with Gasteiger partial charge in [-0.15, -0.1) is 0 Å². The normalized spacial score (nSPS) is 15.2. The quantitative estimate of drug-likeness (QED) is 0.837. The summed E-state index contributed by atoms with van der Waals surface area (Å²) in [6, 6.07) is 0.277. The van der Waals surface area contributed by atoms with Gasteiger partial charge in [-0.1, -0.05) is 20.3 Å². The molecule has 0 aliphatic heterocycles. The lowest BCUT2D eigenvalue weighted by Crippen LogP contribution is -2.23. The molecule has 16 heavy (non-hydrogen) atoms. The number of rotatable bonds is 5. The molecule has 4 heteroatoms. The maximum atomic E-state index is 6.27. The second-order valence-electron chi connectivity index (χ2n) is 4.55. The zero-order chi connectivity index (χ0) is 12.3. The molecule has 0 saturated carbocycles. The molecule has 1 aromatic rings. The Bertz CT molecular complexity index is 333. The number of nitrogens with two attached hydrogens (primary N) is 1. The Morgan fingerprint density at radius 3 is 2.50 bits per heavy atom. The molecule has 0 bridgehead atoms. The van der Waals surface area contributed by atoms with Crippen LogP contribution in [0.3, 0.4) is 0 Å². The van der Waals surface area contributed by atoms with Gasteiger partial charge in [-0.25, -0.2) is 0 Å². The van der Waals surface area contributed by atoms with Gasteiger partial charge in [0, 0.05) is 6.04 Å². The third kappa shape index (κ3) is 2.38. The van der Waals surface area contributed by atoms with Crippen LogP contribution < -0.4 is 10.5 Å². The van der Waals surface area contributed by atoms with Crippen molar-refractivity contribution in [2.75, 3.05) is 7.11 Å². The lowest BCUT2D eigenvalue weighted by atomic mass is 9.96. The third-order valence-corrected chi connectivity index (χ3v) is 3.08. The lowest BCUT2D eigenvalue weighted by molar-refractivity contribution is 0.367. The summed E-state index contributed by atoms with van der Waals surface area (Å²) in [5, 5.41) is 4.34. The summed E-state index contributed by atoms with van der Waals surface area (Å²) in [6.07, 6.45) is 2.80. The Morgan fingerprint density at radius 1 is 1.44 bits per heavy atom. The molecule has 2 N–H and O–H groups in total. The van der Waals surface area contributed by atoms with E-state index in [0.717, 1.165) is 17.9 Å². The van der Waals surface area contributed by atoms with Crippen molar-refractivity contribution in [1.82, 2.24) is 9.78 Å². The van der Waals surface area contributed by atoms with Crippen molar-refractivity contribution in [2.45, 2.75) is 46.2 Å². The maximum absolute atomic E-state index is 6.27. The summed E-state index contributed by atoms with van der Waals surface area (Å²) in [4.78, 5) is 0. The number of nitrogens with zero attached hydrogens (tertiary/aromatic N) is 2. The summed E-state index contributed by atoms with van der Waals surface area (Å²) >= 11 is 0. The standard InChI is InChI=1S/C12H23N3O/c1-6-9(4)11(13)12-10(16-5)7-14-15(12)8(2)3/h7-9,11H,6,13H2,1-5H3. The van der Waals surface area contributed by atoms with Crippen LogP contribution in [0, 0.1) is 5.92 Å². The van der Waals surface area contributed by atoms with E-state index in [1.54, 1.807) is 13.3 Å². The van der Waals surface area contributed by atoms with Crippen molar-refractivity contribution >= 4 is 0 Å². The Hall–Kier alpha value is -1.03. The summed E-state index contributed by atoms with van der Waals surface area (Å²) in [5.74, 6) is 1.21. The molecule has 0 fully saturated rings. The molecule has 0 aliphatic carbocycles. The van der Waals surface area contributed by atoms with E-state index in [-0.39, 0.29) is 6.04 Å². The van der Waals surface area contributed by atoms with E-state index < -0.39 is 0 Å². The smallest absolute Gasteiger partial charge is 0.161 e. The highest BCUT2D eigenvalue weighted by Crippen LogP contribution is 2.31. The second kappa shape index (κ2) is 5.34. The maximum Gasteiger partial charge on any atom is 0.161 e. The first-order chi connectivity index (χ1) is 7.52. The molecule has 2 unspecified atom stereocenters. The average Bonchev–Trinajstić information content (AvgIpc) is 2.70. The van der Waals surface area contributed by atoms with Crippen molar-refractivity contribution in [3.63, 3.8) is 0 Å². The lowest BCUT2D eigenvalue weighted by Gasteiger charge is -2.22. The van der Waals surface area contributed by atoms with Gasteiger partial charge in [0.2, 0.25) is 0 Å². The molecule has 0 radical (unpaired) electrons. The second-order valence-corrected chi connectivity index (χ2v) is 4.55. The van der Waals surface area contributed by atoms with Gasteiger partial charge in [0.05, 0.1) is 25.0 Å². The van der Waals surface area contributed by atoms with Gasteiger partial charge in [0.15, 0.2) is 5.75 Å². The fraction of sp³-hybridized carbons (Fsp3) is 0.750. The van der Waals surface area contributed by atoms with Gasteiger partial charge in [-0.05, 0) is 19.8 Å². The number of ether oxygens (including phenoxy) is 1. The molecule has 0 amide bonds. The summed E-state index contributed by atoms with van der Waals surface area (Å²) in [6.45, 7) is 8.49. The van der Waals surface area contributed by atoms with Crippen molar-refractivity contribution in [3.8, 4) is 5.75 Å². The topological polar surface area (TPSA) is 53.1 Å². The molecule has 2 atom stereocenters. The van der Waals surface area contributed by atoms with Crippen LogP contribution in [0.15, 0.2) is 6.20 Å². The van der Waals surface area contributed by atoms with Gasteiger partial charge in [-0.2, -0.15) is 5.10 Å². The fourth-order valence-corrected chi connectivity index (χ4v) is 1.77. The summed E-state index contributed by atoms with van der Waals surface area (Å²) in [5.41, 5.74) is 7.27. The predicted molar refractivity (Wildman–Crippen MR) is 65.5 cm³/mol. The van der Waals surface area contributed by atoms with Gasteiger partial charge in [0.1, 0.15) is 0 Å². The molecule has 0 aromatic carbocycles. The van der Waals surface area contributed by atoms with Crippen LogP contribution in [0.4, 0.5) is 0 Å². The Morgan fingerprint density at radius 2 is 2.06 bits per heavy atom. The van der Waals surface area contributed by atoms with E-state index in [0.29, 0.717) is 12.0 Å². The highest BCUT2D eigenvalue weighted by atomic mass is 16.5. The first-order valence-corrected chi connectivity index (χ1v) is 5.89. The zero-order valence-electron chi connectivity index (χ0n) is 10.9. The Kier molecular flexibility index (Phi) is 4.35. The van der Waals surface area contributed by atoms with E-state index >= 15 is 0 Å². The summed E-state index contributed by atoms with van der Waals surface area (Å²) in [7, 11) is 1.66. The van der Waals surface area contributed by atoms with E-state index in [1.165, 1.54) is 0 Å². The van der Waals surface area contributed by atoms with Gasteiger partial charge < -0.3 is 10.5 Å². The molecule has 0 spiro atoms. The molecule has 1 aromatic heterocycles. The zero-order valence-corrected chi connectivity index (χ0v) is 10.9. The van der Waals surface area contributed by atoms with Crippen LogP contribution in [0.5, 0.6) is 5.75 Å². The Balaban J connectivity index is 3.12. The van der Waals surface area contributed by atoms with Crippen LogP contribution >= 0.6 is 0 Å². The van der Waals surface area contributed by atoms with E-state index in [9.17, 15) is 0 Å². The highest BCUT2D eigenvalue weighted by Gasteiger charge is 2.23. The minimum atomic E-state index is -0.0233. The highest BCUT2D eigenvalue weighted by molar-refractivity contribution is 5.28. The molecule has 1 heterocycles. The average molecular weight is 225 g/mol. The molecule has 1 rings (SSSR count). The number of methoxy groups -OCH3 is 1. The van der Waals surface area contributed by atoms with E-state index in [2.05, 4.69) is 32.8 Å². The number of hydrogen-bond donors (Lipinski definition) is 1. The first-order valence-electron chi connectivity index (χ1n) is 5.89. The van der Waals surface area contributed by atoms with Crippen LogP contribution in [0.2, 0.25) is 0 Å². The van der Waals surface area contributed by atoms with E-state index in [1.807, 2.05) is 4.68 Å². The predicted octanol–water partition coefficient (Wildman–Crippen LogP) is 2.52. The molecule has 0 aliphatic rings. The first kappa shape index (κ1) is 13.0. The number of hydrogen-bond acceptors (Lipinski definition) is 3. The van der Waals surface area contributed by atoms with Gasteiger partial charge in [0.25, 0.3) is 0 Å². The largest absolute Gasteiger partial charge is 0.493 e. The molecular formula is C12H23N3O. The number of aromatic nitrogens is 2. The van der Waals surface area contributed by atoms with E-state index in [4.69, 9.17) is 10.5 Å². The van der Waals surface area contributed by atoms with Crippen LogP contribution in [0.1, 0.15) is 51.9 Å². The SMILES string of the molecule is CCC(C)C(N)c1c(OC)cnn1C(C)C. The van der Waals surface area contributed by atoms with Gasteiger partial charge >= 0.3 is 0 Å². The monoisotopic (exact) mass is 225 g/mol. The van der Waals surface area contributed by atoms with Crippen molar-refractivity contribution in [2.24, 2.45) is 11.7 Å². The Labute approximate surface area is 97.8 Å². The minimum absolute atomic E-state index is 0.0233. The summed E-state index contributed by atoms with van der Waals surface area (Å²) < 4.78 is 7.28. The minimum Gasteiger partial charge on any atom is -0.493 e.